The molecule has 0 bridgehead atoms. The minimum atomic E-state index is 0.661. The van der Waals surface area contributed by atoms with Crippen molar-refractivity contribution in [3.05, 3.63) is 17.1 Å². The Morgan fingerprint density at radius 2 is 2.16 bits per heavy atom. The minimum absolute atomic E-state index is 0.661. The van der Waals surface area contributed by atoms with Gasteiger partial charge in [-0.3, -0.25) is 0 Å². The summed E-state index contributed by atoms with van der Waals surface area (Å²) in [6.45, 7) is 7.25. The lowest BCUT2D eigenvalue weighted by molar-refractivity contribution is 0.340. The SMILES string of the molecule is Cc1nc2c(c(N3C[C@@H]4CCCN[C@@H]4C3)n1)CNC2. The van der Waals surface area contributed by atoms with Crippen molar-refractivity contribution in [2.75, 3.05) is 24.5 Å². The average molecular weight is 259 g/mol. The Morgan fingerprint density at radius 3 is 3.05 bits per heavy atom. The fraction of sp³-hybridized carbons (Fsp3) is 0.714. The lowest BCUT2D eigenvalue weighted by atomic mass is 9.94. The second kappa shape index (κ2) is 4.42. The molecular formula is C14H21N5. The van der Waals surface area contributed by atoms with Gasteiger partial charge in [-0.2, -0.15) is 0 Å². The molecule has 3 aliphatic heterocycles. The zero-order valence-electron chi connectivity index (χ0n) is 11.4. The zero-order valence-corrected chi connectivity index (χ0v) is 11.4. The summed E-state index contributed by atoms with van der Waals surface area (Å²) in [6, 6.07) is 0.661. The quantitative estimate of drug-likeness (QED) is 0.772. The Morgan fingerprint density at radius 1 is 1.21 bits per heavy atom. The molecule has 2 fully saturated rings. The summed E-state index contributed by atoms with van der Waals surface area (Å²) in [6.07, 6.45) is 2.68. The molecule has 4 rings (SSSR count). The van der Waals surface area contributed by atoms with Gasteiger partial charge in [-0.15, -0.1) is 0 Å². The van der Waals surface area contributed by atoms with Crippen LogP contribution in [0.4, 0.5) is 5.82 Å². The van der Waals surface area contributed by atoms with Gasteiger partial charge in [0.25, 0.3) is 0 Å². The third kappa shape index (κ3) is 1.92. The third-order valence-electron chi connectivity index (χ3n) is 4.68. The fourth-order valence-electron chi connectivity index (χ4n) is 3.75. The molecule has 19 heavy (non-hydrogen) atoms. The molecule has 0 radical (unpaired) electrons. The average Bonchev–Trinajstić information content (AvgIpc) is 3.03. The number of rotatable bonds is 1. The van der Waals surface area contributed by atoms with Gasteiger partial charge in [-0.05, 0) is 32.2 Å². The van der Waals surface area contributed by atoms with Gasteiger partial charge >= 0.3 is 0 Å². The molecule has 0 amide bonds. The predicted molar refractivity (Wildman–Crippen MR) is 74.0 cm³/mol. The van der Waals surface area contributed by atoms with Crippen molar-refractivity contribution in [1.29, 1.82) is 0 Å². The van der Waals surface area contributed by atoms with Crippen molar-refractivity contribution >= 4 is 5.82 Å². The summed E-state index contributed by atoms with van der Waals surface area (Å²) in [5, 5.41) is 7.06. The molecule has 0 spiro atoms. The highest BCUT2D eigenvalue weighted by Gasteiger charge is 2.36. The summed E-state index contributed by atoms with van der Waals surface area (Å²) in [5.74, 6) is 2.89. The van der Waals surface area contributed by atoms with Crippen molar-refractivity contribution in [3.63, 3.8) is 0 Å². The second-order valence-electron chi connectivity index (χ2n) is 5.99. The molecular weight excluding hydrogens is 238 g/mol. The molecule has 0 saturated carbocycles. The normalized spacial score (nSPS) is 29.4. The first-order valence-corrected chi connectivity index (χ1v) is 7.37. The molecule has 102 valence electrons. The van der Waals surface area contributed by atoms with Crippen LogP contribution in [0.2, 0.25) is 0 Å². The molecule has 4 heterocycles. The topological polar surface area (TPSA) is 53.1 Å². The maximum absolute atomic E-state index is 4.73. The number of hydrogen-bond acceptors (Lipinski definition) is 5. The van der Waals surface area contributed by atoms with Crippen molar-refractivity contribution in [1.82, 2.24) is 20.6 Å². The lowest BCUT2D eigenvalue weighted by Crippen LogP contribution is -2.40. The van der Waals surface area contributed by atoms with Crippen LogP contribution in [0.3, 0.4) is 0 Å². The first kappa shape index (κ1) is 11.6. The van der Waals surface area contributed by atoms with Gasteiger partial charge in [-0.1, -0.05) is 0 Å². The van der Waals surface area contributed by atoms with Gasteiger partial charge in [0.15, 0.2) is 0 Å². The second-order valence-corrected chi connectivity index (χ2v) is 5.99. The van der Waals surface area contributed by atoms with E-state index in [9.17, 15) is 0 Å². The molecule has 2 atom stereocenters. The van der Waals surface area contributed by atoms with E-state index in [-0.39, 0.29) is 0 Å². The van der Waals surface area contributed by atoms with Crippen LogP contribution in [-0.2, 0) is 13.1 Å². The van der Waals surface area contributed by atoms with E-state index in [2.05, 4.69) is 20.5 Å². The Balaban J connectivity index is 1.66. The van der Waals surface area contributed by atoms with Gasteiger partial charge in [0.05, 0.1) is 5.69 Å². The molecule has 1 aromatic heterocycles. The van der Waals surface area contributed by atoms with E-state index >= 15 is 0 Å². The van der Waals surface area contributed by atoms with E-state index in [1.165, 1.54) is 36.5 Å². The first-order chi connectivity index (χ1) is 9.31. The van der Waals surface area contributed by atoms with E-state index in [1.54, 1.807) is 0 Å². The molecule has 1 aromatic rings. The number of nitrogens with one attached hydrogen (secondary N) is 2. The van der Waals surface area contributed by atoms with Crippen LogP contribution in [-0.4, -0.2) is 35.6 Å². The molecule has 5 heteroatoms. The fourth-order valence-corrected chi connectivity index (χ4v) is 3.75. The third-order valence-corrected chi connectivity index (χ3v) is 4.68. The summed E-state index contributed by atoms with van der Waals surface area (Å²) in [4.78, 5) is 11.8. The van der Waals surface area contributed by atoms with E-state index in [1.807, 2.05) is 6.92 Å². The smallest absolute Gasteiger partial charge is 0.137 e. The van der Waals surface area contributed by atoms with Crippen LogP contribution in [0, 0.1) is 12.8 Å². The maximum atomic E-state index is 4.73. The van der Waals surface area contributed by atoms with E-state index in [4.69, 9.17) is 4.98 Å². The first-order valence-electron chi connectivity index (χ1n) is 7.37. The van der Waals surface area contributed by atoms with Gasteiger partial charge in [0.2, 0.25) is 0 Å². The number of piperidine rings is 1. The Labute approximate surface area is 113 Å². The highest BCUT2D eigenvalue weighted by molar-refractivity contribution is 5.52. The van der Waals surface area contributed by atoms with Crippen LogP contribution < -0.4 is 15.5 Å². The Bertz CT molecular complexity index is 487. The van der Waals surface area contributed by atoms with Crippen molar-refractivity contribution in [3.8, 4) is 0 Å². The van der Waals surface area contributed by atoms with E-state index in [0.717, 1.165) is 37.9 Å². The number of fused-ring (bicyclic) bond motifs is 2. The van der Waals surface area contributed by atoms with Crippen LogP contribution >= 0.6 is 0 Å². The predicted octanol–water partition coefficient (Wildman–Crippen LogP) is 0.576. The highest BCUT2D eigenvalue weighted by Crippen LogP contribution is 2.32. The standard InChI is InChI=1S/C14H21N5/c1-9-17-12-6-15-5-11(12)14(18-9)19-7-10-3-2-4-16-13(10)8-19/h10,13,15-16H,2-8H2,1H3/t10-,13+/m0/s1. The van der Waals surface area contributed by atoms with Gasteiger partial charge in [0, 0.05) is 37.8 Å². The summed E-state index contributed by atoms with van der Waals surface area (Å²) < 4.78 is 0. The zero-order chi connectivity index (χ0) is 12.8. The number of aromatic nitrogens is 2. The molecule has 0 aliphatic carbocycles. The van der Waals surface area contributed by atoms with Crippen molar-refractivity contribution < 1.29 is 0 Å². The van der Waals surface area contributed by atoms with Gasteiger partial charge in [0.1, 0.15) is 11.6 Å². The van der Waals surface area contributed by atoms with E-state index in [0.29, 0.717) is 6.04 Å². The molecule has 3 aliphatic rings. The maximum Gasteiger partial charge on any atom is 0.137 e. The summed E-state index contributed by atoms with van der Waals surface area (Å²) in [7, 11) is 0. The molecule has 0 unspecified atom stereocenters. The Kier molecular flexibility index (Phi) is 2.70. The molecule has 2 saturated heterocycles. The molecule has 5 nitrogen and oxygen atoms in total. The number of aryl methyl sites for hydroxylation is 1. The van der Waals surface area contributed by atoms with Crippen LogP contribution in [0.1, 0.15) is 29.9 Å². The number of hydrogen-bond donors (Lipinski definition) is 2. The van der Waals surface area contributed by atoms with Crippen LogP contribution in [0.15, 0.2) is 0 Å². The molecule has 2 N–H and O–H groups in total. The van der Waals surface area contributed by atoms with E-state index < -0.39 is 0 Å². The number of nitrogens with zero attached hydrogens (tertiary/aromatic N) is 3. The van der Waals surface area contributed by atoms with Crippen molar-refractivity contribution in [2.24, 2.45) is 5.92 Å². The number of anilines is 1. The van der Waals surface area contributed by atoms with Crippen LogP contribution in [0.5, 0.6) is 0 Å². The lowest BCUT2D eigenvalue weighted by Gasteiger charge is -2.24. The van der Waals surface area contributed by atoms with Crippen molar-refractivity contribution in [2.45, 2.75) is 38.9 Å². The van der Waals surface area contributed by atoms with Gasteiger partial charge in [-0.25, -0.2) is 9.97 Å². The highest BCUT2D eigenvalue weighted by atomic mass is 15.3. The Hall–Kier alpha value is -1.20. The minimum Gasteiger partial charge on any atom is -0.354 e. The monoisotopic (exact) mass is 259 g/mol. The summed E-state index contributed by atoms with van der Waals surface area (Å²) >= 11 is 0. The molecule has 0 aromatic carbocycles. The van der Waals surface area contributed by atoms with Gasteiger partial charge < -0.3 is 15.5 Å². The summed E-state index contributed by atoms with van der Waals surface area (Å²) in [5.41, 5.74) is 2.52. The largest absolute Gasteiger partial charge is 0.354 e. The van der Waals surface area contributed by atoms with Crippen LogP contribution in [0.25, 0.3) is 0 Å².